The van der Waals surface area contributed by atoms with Crippen LogP contribution in [-0.4, -0.2) is 18.4 Å². The first-order valence-corrected chi connectivity index (χ1v) is 7.27. The van der Waals surface area contributed by atoms with Crippen LogP contribution < -0.4 is 15.8 Å². The van der Waals surface area contributed by atoms with Gasteiger partial charge in [-0.3, -0.25) is 9.59 Å². The number of anilines is 1. The zero-order chi connectivity index (χ0) is 17.0. The minimum atomic E-state index is -0.503. The molecule has 5 heteroatoms. The second-order valence-electron chi connectivity index (χ2n) is 5.51. The Bertz CT molecular complexity index is 713. The summed E-state index contributed by atoms with van der Waals surface area (Å²) in [5, 5.41) is 2.71. The Hall–Kier alpha value is -2.82. The van der Waals surface area contributed by atoms with E-state index in [1.54, 1.807) is 24.3 Å². The van der Waals surface area contributed by atoms with Crippen molar-refractivity contribution in [1.29, 1.82) is 0 Å². The van der Waals surface area contributed by atoms with E-state index in [1.807, 2.05) is 32.9 Å². The van der Waals surface area contributed by atoms with Gasteiger partial charge in [-0.05, 0) is 56.2 Å². The van der Waals surface area contributed by atoms with Crippen molar-refractivity contribution in [3.05, 3.63) is 58.7 Å². The van der Waals surface area contributed by atoms with Gasteiger partial charge in [-0.1, -0.05) is 17.7 Å². The lowest BCUT2D eigenvalue weighted by Gasteiger charge is -2.13. The Morgan fingerprint density at radius 3 is 2.13 bits per heavy atom. The highest BCUT2D eigenvalue weighted by Gasteiger charge is 2.09. The van der Waals surface area contributed by atoms with Crippen molar-refractivity contribution in [3.8, 4) is 5.75 Å². The Kier molecular flexibility index (Phi) is 5.01. The van der Waals surface area contributed by atoms with E-state index in [-0.39, 0.29) is 12.5 Å². The maximum atomic E-state index is 12.0. The van der Waals surface area contributed by atoms with E-state index in [9.17, 15) is 9.59 Å². The van der Waals surface area contributed by atoms with Crippen molar-refractivity contribution < 1.29 is 14.3 Å². The Balaban J connectivity index is 1.96. The number of amides is 2. The van der Waals surface area contributed by atoms with Gasteiger partial charge in [-0.15, -0.1) is 0 Å². The molecule has 0 saturated carbocycles. The number of nitrogens with two attached hydrogens (primary N) is 1. The molecule has 2 amide bonds. The molecular formula is C18H20N2O3. The molecule has 23 heavy (non-hydrogen) atoms. The number of hydrogen-bond acceptors (Lipinski definition) is 3. The summed E-state index contributed by atoms with van der Waals surface area (Å²) in [4.78, 5) is 23.0. The van der Waals surface area contributed by atoms with E-state index in [0.29, 0.717) is 11.3 Å². The van der Waals surface area contributed by atoms with E-state index in [1.165, 1.54) is 0 Å². The first-order valence-electron chi connectivity index (χ1n) is 7.27. The van der Waals surface area contributed by atoms with Crippen molar-refractivity contribution in [2.24, 2.45) is 5.73 Å². The lowest BCUT2D eigenvalue weighted by atomic mass is 10.1. The van der Waals surface area contributed by atoms with Crippen LogP contribution in [0.2, 0.25) is 0 Å². The average molecular weight is 312 g/mol. The number of carbonyl (C=O) groups is 2. The summed E-state index contributed by atoms with van der Waals surface area (Å²) in [6.45, 7) is 5.85. The molecule has 3 N–H and O–H groups in total. The maximum absolute atomic E-state index is 12.0. The van der Waals surface area contributed by atoms with Crippen LogP contribution in [0.1, 0.15) is 27.0 Å². The van der Waals surface area contributed by atoms with Gasteiger partial charge in [0.05, 0.1) is 0 Å². The van der Waals surface area contributed by atoms with Crippen molar-refractivity contribution in [1.82, 2.24) is 0 Å². The fourth-order valence-electron chi connectivity index (χ4n) is 2.45. The van der Waals surface area contributed by atoms with Gasteiger partial charge in [0.25, 0.3) is 5.91 Å². The van der Waals surface area contributed by atoms with Crippen molar-refractivity contribution in [2.45, 2.75) is 20.8 Å². The Morgan fingerprint density at radius 1 is 1.04 bits per heavy atom. The van der Waals surface area contributed by atoms with Gasteiger partial charge in [0, 0.05) is 11.3 Å². The van der Waals surface area contributed by atoms with Crippen LogP contribution in [0.25, 0.3) is 0 Å². The number of aryl methyl sites for hydroxylation is 3. The maximum Gasteiger partial charge on any atom is 0.262 e. The van der Waals surface area contributed by atoms with Crippen LogP contribution in [0.15, 0.2) is 36.4 Å². The molecule has 120 valence electrons. The summed E-state index contributed by atoms with van der Waals surface area (Å²) in [6, 6.07) is 10.4. The Morgan fingerprint density at radius 2 is 1.61 bits per heavy atom. The van der Waals surface area contributed by atoms with Crippen molar-refractivity contribution in [3.63, 3.8) is 0 Å². The molecule has 2 aromatic carbocycles. The number of nitrogens with one attached hydrogen (secondary N) is 1. The first-order chi connectivity index (χ1) is 10.9. The van der Waals surface area contributed by atoms with Crippen LogP contribution in [0.5, 0.6) is 5.75 Å². The summed E-state index contributed by atoms with van der Waals surface area (Å²) in [5.74, 6) is -0.0393. The van der Waals surface area contributed by atoms with Gasteiger partial charge in [0.15, 0.2) is 6.61 Å². The predicted molar refractivity (Wildman–Crippen MR) is 89.7 cm³/mol. The smallest absolute Gasteiger partial charge is 0.262 e. The first kappa shape index (κ1) is 16.5. The summed E-state index contributed by atoms with van der Waals surface area (Å²) < 4.78 is 5.63. The minimum absolute atomic E-state index is 0.0810. The predicted octanol–water partition coefficient (Wildman–Crippen LogP) is 2.73. The molecule has 0 aliphatic carbocycles. The van der Waals surface area contributed by atoms with Gasteiger partial charge in [-0.2, -0.15) is 0 Å². The molecule has 0 saturated heterocycles. The zero-order valence-electron chi connectivity index (χ0n) is 13.5. The molecule has 0 bridgehead atoms. The van der Waals surface area contributed by atoms with Gasteiger partial charge in [0.2, 0.25) is 5.91 Å². The average Bonchev–Trinajstić information content (AvgIpc) is 2.46. The van der Waals surface area contributed by atoms with E-state index in [2.05, 4.69) is 5.32 Å². The summed E-state index contributed by atoms with van der Waals surface area (Å²) >= 11 is 0. The van der Waals surface area contributed by atoms with Gasteiger partial charge in [-0.25, -0.2) is 0 Å². The molecule has 0 radical (unpaired) electrons. The summed E-state index contributed by atoms with van der Waals surface area (Å²) in [7, 11) is 0. The molecule has 2 aromatic rings. The minimum Gasteiger partial charge on any atom is -0.483 e. The highest BCUT2D eigenvalue weighted by atomic mass is 16.5. The molecule has 0 spiro atoms. The van der Waals surface area contributed by atoms with Crippen LogP contribution in [-0.2, 0) is 4.79 Å². The second-order valence-corrected chi connectivity index (χ2v) is 5.51. The van der Waals surface area contributed by atoms with Crippen LogP contribution in [0.4, 0.5) is 5.69 Å². The van der Waals surface area contributed by atoms with Crippen LogP contribution in [0, 0.1) is 20.8 Å². The standard InChI is InChI=1S/C18H20N2O3/c1-11-8-12(2)17(13(3)9-11)23-10-16(21)20-15-6-4-14(5-7-15)18(19)22/h4-9H,10H2,1-3H3,(H2,19,22)(H,20,21). The van der Waals surface area contributed by atoms with Gasteiger partial charge in [0.1, 0.15) is 5.75 Å². The number of benzene rings is 2. The zero-order valence-corrected chi connectivity index (χ0v) is 13.5. The molecule has 0 aromatic heterocycles. The molecule has 0 aliphatic heterocycles. The lowest BCUT2D eigenvalue weighted by molar-refractivity contribution is -0.118. The third-order valence-corrected chi connectivity index (χ3v) is 3.41. The van der Waals surface area contributed by atoms with Crippen molar-refractivity contribution in [2.75, 3.05) is 11.9 Å². The largest absolute Gasteiger partial charge is 0.483 e. The van der Waals surface area contributed by atoms with Crippen LogP contribution in [0.3, 0.4) is 0 Å². The molecule has 0 unspecified atom stereocenters. The van der Waals surface area contributed by atoms with Crippen molar-refractivity contribution >= 4 is 17.5 Å². The molecule has 5 nitrogen and oxygen atoms in total. The van der Waals surface area contributed by atoms with Crippen LogP contribution >= 0.6 is 0 Å². The topological polar surface area (TPSA) is 81.4 Å². The second kappa shape index (κ2) is 6.96. The number of carbonyl (C=O) groups excluding carboxylic acids is 2. The number of hydrogen-bond donors (Lipinski definition) is 2. The highest BCUT2D eigenvalue weighted by Crippen LogP contribution is 2.24. The van der Waals surface area contributed by atoms with E-state index < -0.39 is 5.91 Å². The fraction of sp³-hybridized carbons (Fsp3) is 0.222. The van der Waals surface area contributed by atoms with Gasteiger partial charge >= 0.3 is 0 Å². The monoisotopic (exact) mass is 312 g/mol. The SMILES string of the molecule is Cc1cc(C)c(OCC(=O)Nc2ccc(C(N)=O)cc2)c(C)c1. The molecule has 0 fully saturated rings. The number of rotatable bonds is 5. The lowest BCUT2D eigenvalue weighted by Crippen LogP contribution is -2.21. The van der Waals surface area contributed by atoms with E-state index in [0.717, 1.165) is 22.4 Å². The van der Waals surface area contributed by atoms with Gasteiger partial charge < -0.3 is 15.8 Å². The molecule has 2 rings (SSSR count). The molecule has 0 atom stereocenters. The third kappa shape index (κ3) is 4.32. The molecular weight excluding hydrogens is 292 g/mol. The fourth-order valence-corrected chi connectivity index (χ4v) is 2.45. The number of primary amides is 1. The summed E-state index contributed by atoms with van der Waals surface area (Å²) in [5.41, 5.74) is 9.31. The molecule has 0 heterocycles. The Labute approximate surface area is 135 Å². The van der Waals surface area contributed by atoms with E-state index >= 15 is 0 Å². The highest BCUT2D eigenvalue weighted by molar-refractivity contribution is 5.95. The number of ether oxygens (including phenoxy) is 1. The normalized spacial score (nSPS) is 10.2. The third-order valence-electron chi connectivity index (χ3n) is 3.41. The quantitative estimate of drug-likeness (QED) is 0.890. The molecule has 0 aliphatic rings. The van der Waals surface area contributed by atoms with E-state index in [4.69, 9.17) is 10.5 Å². The summed E-state index contributed by atoms with van der Waals surface area (Å²) in [6.07, 6.45) is 0.